The molecule has 0 saturated carbocycles. The number of carbonyl (C=O) groups is 1. The lowest BCUT2D eigenvalue weighted by atomic mass is 9.97. The number of carbonyl (C=O) groups excluding carboxylic acids is 1. The van der Waals surface area contributed by atoms with Gasteiger partial charge in [0.15, 0.2) is 0 Å². The number of phenols is 1. The third-order valence-electron chi connectivity index (χ3n) is 4.99. The Bertz CT molecular complexity index is 992. The van der Waals surface area contributed by atoms with Crippen LogP contribution in [0.5, 0.6) is 11.5 Å². The van der Waals surface area contributed by atoms with Crippen molar-refractivity contribution in [3.8, 4) is 11.5 Å². The summed E-state index contributed by atoms with van der Waals surface area (Å²) in [4.78, 5) is 14.8. The zero-order valence-electron chi connectivity index (χ0n) is 15.0. The van der Waals surface area contributed by atoms with Gasteiger partial charge in [0, 0.05) is 16.3 Å². The first-order valence-corrected chi connectivity index (χ1v) is 8.86. The Morgan fingerprint density at radius 3 is 2.46 bits per heavy atom. The van der Waals surface area contributed by atoms with Gasteiger partial charge in [0.05, 0.1) is 19.3 Å². The number of hydrogen-bond donors (Lipinski definition) is 1. The summed E-state index contributed by atoms with van der Waals surface area (Å²) >= 11 is 0. The maximum Gasteiger partial charge on any atom is 0.259 e. The molecular weight excluding hydrogens is 326 g/mol. The van der Waals surface area contributed by atoms with Gasteiger partial charge in [0.1, 0.15) is 11.5 Å². The van der Waals surface area contributed by atoms with E-state index < -0.39 is 0 Å². The van der Waals surface area contributed by atoms with Gasteiger partial charge < -0.3 is 14.7 Å². The number of phenolic OH excluding ortho intramolecular Hbond substituents is 1. The first-order chi connectivity index (χ1) is 12.6. The van der Waals surface area contributed by atoms with Crippen LogP contribution in [0.3, 0.4) is 0 Å². The zero-order chi connectivity index (χ0) is 18.3. The van der Waals surface area contributed by atoms with Gasteiger partial charge in [0.25, 0.3) is 5.91 Å². The van der Waals surface area contributed by atoms with Crippen molar-refractivity contribution in [2.45, 2.75) is 26.3 Å². The highest BCUT2D eigenvalue weighted by Gasteiger charge is 2.31. The molecule has 1 heterocycles. The van der Waals surface area contributed by atoms with E-state index in [0.717, 1.165) is 46.2 Å². The van der Waals surface area contributed by atoms with Crippen LogP contribution in [0.1, 0.15) is 34.8 Å². The van der Waals surface area contributed by atoms with Crippen LogP contribution in [0.15, 0.2) is 48.5 Å². The normalized spacial score (nSPS) is 12.8. The molecule has 0 radical (unpaired) electrons. The predicted molar refractivity (Wildman–Crippen MR) is 103 cm³/mol. The van der Waals surface area contributed by atoms with Gasteiger partial charge in [-0.3, -0.25) is 4.79 Å². The molecule has 3 aromatic carbocycles. The van der Waals surface area contributed by atoms with Crippen LogP contribution in [0.25, 0.3) is 10.8 Å². The van der Waals surface area contributed by atoms with Crippen LogP contribution in [0.2, 0.25) is 0 Å². The number of anilines is 1. The van der Waals surface area contributed by atoms with Gasteiger partial charge >= 0.3 is 0 Å². The zero-order valence-corrected chi connectivity index (χ0v) is 15.0. The largest absolute Gasteiger partial charge is 0.507 e. The molecule has 4 heteroatoms. The number of aromatic hydroxyl groups is 1. The van der Waals surface area contributed by atoms with E-state index in [1.165, 1.54) is 0 Å². The lowest BCUT2D eigenvalue weighted by molar-refractivity contribution is 0.0991. The van der Waals surface area contributed by atoms with E-state index in [1.807, 2.05) is 42.5 Å². The molecule has 4 rings (SSSR count). The van der Waals surface area contributed by atoms with E-state index >= 15 is 0 Å². The summed E-state index contributed by atoms with van der Waals surface area (Å²) in [6.07, 6.45) is 1.86. The SMILES string of the molecule is CCCc1ccc2c3c(ccc(O)c13)N(Cc1ccc(OC)cc1)C2=O. The fourth-order valence-electron chi connectivity index (χ4n) is 3.74. The molecule has 0 unspecified atom stereocenters. The molecular formula is C22H21NO3. The standard InChI is InChI=1S/C22H21NO3/c1-3-4-15-7-10-17-21-18(11-12-19(24)20(15)21)23(22(17)25)13-14-5-8-16(26-2)9-6-14/h5-12,24H,3-4,13H2,1-2H3. The average molecular weight is 347 g/mol. The number of rotatable bonds is 5. The number of benzene rings is 3. The smallest absolute Gasteiger partial charge is 0.259 e. The fraction of sp³-hybridized carbons (Fsp3) is 0.227. The van der Waals surface area contributed by atoms with Crippen LogP contribution in [0.4, 0.5) is 5.69 Å². The fourth-order valence-corrected chi connectivity index (χ4v) is 3.74. The summed E-state index contributed by atoms with van der Waals surface area (Å²) in [5.41, 5.74) is 3.65. The first-order valence-electron chi connectivity index (χ1n) is 8.86. The first kappa shape index (κ1) is 16.5. The Kier molecular flexibility index (Phi) is 4.03. The van der Waals surface area contributed by atoms with E-state index in [4.69, 9.17) is 4.74 Å². The molecule has 1 amide bonds. The molecule has 1 aliphatic heterocycles. The summed E-state index contributed by atoms with van der Waals surface area (Å²) in [5.74, 6) is 1.02. The second kappa shape index (κ2) is 6.37. The predicted octanol–water partition coefficient (Wildman–Crippen LogP) is 4.67. The van der Waals surface area contributed by atoms with Crippen molar-refractivity contribution in [1.82, 2.24) is 0 Å². The second-order valence-electron chi connectivity index (χ2n) is 6.62. The summed E-state index contributed by atoms with van der Waals surface area (Å²) in [7, 11) is 1.64. The molecule has 0 aromatic heterocycles. The Labute approximate surface area is 152 Å². The van der Waals surface area contributed by atoms with Crippen LogP contribution in [-0.4, -0.2) is 18.1 Å². The number of aryl methyl sites for hydroxylation is 1. The van der Waals surface area contributed by atoms with Gasteiger partial charge in [-0.15, -0.1) is 0 Å². The van der Waals surface area contributed by atoms with Crippen molar-refractivity contribution in [2.24, 2.45) is 0 Å². The van der Waals surface area contributed by atoms with Gasteiger partial charge in [0.2, 0.25) is 0 Å². The molecule has 132 valence electrons. The van der Waals surface area contributed by atoms with E-state index in [9.17, 15) is 9.90 Å². The maximum atomic E-state index is 13.0. The minimum absolute atomic E-state index is 0.0190. The highest BCUT2D eigenvalue weighted by atomic mass is 16.5. The Balaban J connectivity index is 1.80. The highest BCUT2D eigenvalue weighted by Crippen LogP contribution is 2.43. The van der Waals surface area contributed by atoms with E-state index in [2.05, 4.69) is 6.92 Å². The monoisotopic (exact) mass is 347 g/mol. The van der Waals surface area contributed by atoms with Gasteiger partial charge in [-0.25, -0.2) is 0 Å². The molecule has 4 nitrogen and oxygen atoms in total. The third kappa shape index (κ3) is 2.49. The lowest BCUT2D eigenvalue weighted by Crippen LogP contribution is -2.25. The Morgan fingerprint density at radius 1 is 1.00 bits per heavy atom. The van der Waals surface area contributed by atoms with Crippen molar-refractivity contribution >= 4 is 22.4 Å². The molecule has 0 saturated heterocycles. The minimum Gasteiger partial charge on any atom is -0.507 e. The molecule has 26 heavy (non-hydrogen) atoms. The molecule has 0 aliphatic carbocycles. The summed E-state index contributed by atoms with van der Waals surface area (Å²) in [6, 6.07) is 15.1. The van der Waals surface area contributed by atoms with Crippen molar-refractivity contribution in [1.29, 1.82) is 0 Å². The topological polar surface area (TPSA) is 49.8 Å². The van der Waals surface area contributed by atoms with E-state index in [-0.39, 0.29) is 11.7 Å². The molecule has 1 aliphatic rings. The summed E-state index contributed by atoms with van der Waals surface area (Å²) in [6.45, 7) is 2.60. The molecule has 0 fully saturated rings. The summed E-state index contributed by atoms with van der Waals surface area (Å²) < 4.78 is 5.20. The number of methoxy groups -OCH3 is 1. The van der Waals surface area contributed by atoms with Crippen LogP contribution in [-0.2, 0) is 13.0 Å². The maximum absolute atomic E-state index is 13.0. The molecule has 1 N–H and O–H groups in total. The molecule has 0 atom stereocenters. The van der Waals surface area contributed by atoms with Crippen molar-refractivity contribution in [3.63, 3.8) is 0 Å². The van der Waals surface area contributed by atoms with Gasteiger partial charge in [-0.05, 0) is 47.9 Å². The summed E-state index contributed by atoms with van der Waals surface area (Å²) in [5, 5.41) is 12.1. The lowest BCUT2D eigenvalue weighted by Gasteiger charge is -2.18. The Hall–Kier alpha value is -3.01. The molecule has 0 spiro atoms. The van der Waals surface area contributed by atoms with E-state index in [0.29, 0.717) is 12.1 Å². The second-order valence-corrected chi connectivity index (χ2v) is 6.62. The number of hydrogen-bond acceptors (Lipinski definition) is 3. The molecule has 3 aromatic rings. The van der Waals surface area contributed by atoms with Gasteiger partial charge in [-0.2, -0.15) is 0 Å². The highest BCUT2D eigenvalue weighted by molar-refractivity contribution is 6.26. The Morgan fingerprint density at radius 2 is 1.77 bits per heavy atom. The minimum atomic E-state index is -0.0190. The quantitative estimate of drug-likeness (QED) is 0.730. The van der Waals surface area contributed by atoms with Crippen LogP contribution < -0.4 is 9.64 Å². The van der Waals surface area contributed by atoms with Crippen molar-refractivity contribution in [2.75, 3.05) is 12.0 Å². The number of nitrogens with zero attached hydrogens (tertiary/aromatic N) is 1. The van der Waals surface area contributed by atoms with E-state index in [1.54, 1.807) is 18.1 Å². The third-order valence-corrected chi connectivity index (χ3v) is 4.99. The van der Waals surface area contributed by atoms with Crippen LogP contribution in [0, 0.1) is 0 Å². The van der Waals surface area contributed by atoms with Crippen molar-refractivity contribution < 1.29 is 14.6 Å². The van der Waals surface area contributed by atoms with Gasteiger partial charge in [-0.1, -0.05) is 31.5 Å². The molecule has 0 bridgehead atoms. The number of amides is 1. The number of ether oxygens (including phenoxy) is 1. The van der Waals surface area contributed by atoms with Crippen molar-refractivity contribution in [3.05, 3.63) is 65.2 Å². The average Bonchev–Trinajstić information content (AvgIpc) is 2.92. The van der Waals surface area contributed by atoms with Crippen LogP contribution >= 0.6 is 0 Å².